The van der Waals surface area contributed by atoms with Crippen molar-refractivity contribution >= 4 is 24.1 Å². The van der Waals surface area contributed by atoms with Gasteiger partial charge in [-0.15, -0.1) is 0 Å². The number of aromatic nitrogens is 2. The number of hydrogen-bond acceptors (Lipinski definition) is 5. The van der Waals surface area contributed by atoms with Crippen LogP contribution in [0.3, 0.4) is 0 Å². The molecule has 8 heteroatoms. The van der Waals surface area contributed by atoms with Crippen molar-refractivity contribution in [2.75, 3.05) is 6.61 Å². The van der Waals surface area contributed by atoms with Gasteiger partial charge in [-0.2, -0.15) is 0 Å². The first kappa shape index (κ1) is 17.7. The summed E-state index contributed by atoms with van der Waals surface area (Å²) in [6.45, 7) is 7.51. The van der Waals surface area contributed by atoms with Gasteiger partial charge in [0.1, 0.15) is 0 Å². The van der Waals surface area contributed by atoms with Crippen molar-refractivity contribution in [2.45, 2.75) is 38.9 Å². The third-order valence-electron chi connectivity index (χ3n) is 4.85. The second-order valence-corrected chi connectivity index (χ2v) is 7.18. The van der Waals surface area contributed by atoms with E-state index in [0.717, 1.165) is 0 Å². The molecular weight excluding hydrogens is 323 g/mol. The van der Waals surface area contributed by atoms with Crippen LogP contribution in [0.25, 0.3) is 17.0 Å². The Morgan fingerprint density at radius 1 is 1.16 bits per heavy atom. The molecule has 0 amide bonds. The third kappa shape index (κ3) is 3.20. The lowest BCUT2D eigenvalue weighted by molar-refractivity contribution is 0.00578. The van der Waals surface area contributed by atoms with Gasteiger partial charge in [0.2, 0.25) is 0 Å². The summed E-state index contributed by atoms with van der Waals surface area (Å²) in [6, 6.07) is 5.04. The van der Waals surface area contributed by atoms with Crippen molar-refractivity contribution in [1.82, 2.24) is 9.97 Å². The number of aliphatic hydroxyl groups is 1. The minimum Gasteiger partial charge on any atom is -0.400 e. The summed E-state index contributed by atoms with van der Waals surface area (Å²) in [5.74, 6) is 0. The molecule has 1 aromatic carbocycles. The van der Waals surface area contributed by atoms with Crippen LogP contribution in [0.5, 0.6) is 0 Å². The first-order chi connectivity index (χ1) is 11.6. The predicted octanol–water partition coefficient (Wildman–Crippen LogP) is 1.22. The van der Waals surface area contributed by atoms with Gasteiger partial charge in [-0.3, -0.25) is 9.78 Å². The number of hydrogen-bond donors (Lipinski definition) is 3. The van der Waals surface area contributed by atoms with Gasteiger partial charge < -0.3 is 19.4 Å². The SMILES string of the molecule is CC1(C)OB(C(=Cc2ccc3[nH]c(=O)[nH]c(=O)c3c2)CO)OC1(C)C. The molecule has 0 bridgehead atoms. The summed E-state index contributed by atoms with van der Waals surface area (Å²) < 4.78 is 11.9. The summed E-state index contributed by atoms with van der Waals surface area (Å²) in [5.41, 5.74) is -0.322. The number of fused-ring (bicyclic) bond motifs is 1. The smallest absolute Gasteiger partial charge is 0.400 e. The highest BCUT2D eigenvalue weighted by atomic mass is 16.7. The second kappa shape index (κ2) is 5.98. The van der Waals surface area contributed by atoms with Crippen molar-refractivity contribution in [3.63, 3.8) is 0 Å². The summed E-state index contributed by atoms with van der Waals surface area (Å²) in [4.78, 5) is 28.0. The minimum absolute atomic E-state index is 0.239. The van der Waals surface area contributed by atoms with Crippen LogP contribution in [-0.2, 0) is 9.31 Å². The highest BCUT2D eigenvalue weighted by molar-refractivity contribution is 6.55. The van der Waals surface area contributed by atoms with E-state index in [2.05, 4.69) is 9.97 Å². The molecule has 1 fully saturated rings. The molecule has 132 valence electrons. The largest absolute Gasteiger partial charge is 0.492 e. The molecule has 0 aliphatic carbocycles. The van der Waals surface area contributed by atoms with Crippen LogP contribution in [-0.4, -0.2) is 40.0 Å². The standard InChI is InChI=1S/C17H21BN2O5/c1-16(2)17(3,4)25-18(24-16)11(9-21)7-10-5-6-13-12(8-10)14(22)20-15(23)19-13/h5-8,21H,9H2,1-4H3,(H2,19,20,22,23). The maximum absolute atomic E-state index is 11.9. The molecule has 2 heterocycles. The van der Waals surface area contributed by atoms with Crippen molar-refractivity contribution in [2.24, 2.45) is 0 Å². The van der Waals surface area contributed by atoms with E-state index < -0.39 is 29.6 Å². The zero-order valence-electron chi connectivity index (χ0n) is 14.7. The van der Waals surface area contributed by atoms with Crippen LogP contribution in [0.2, 0.25) is 0 Å². The summed E-state index contributed by atoms with van der Waals surface area (Å²) >= 11 is 0. The van der Waals surface area contributed by atoms with Crippen LogP contribution >= 0.6 is 0 Å². The molecule has 2 aromatic rings. The predicted molar refractivity (Wildman–Crippen MR) is 96.3 cm³/mol. The van der Waals surface area contributed by atoms with Gasteiger partial charge in [-0.1, -0.05) is 12.1 Å². The van der Waals surface area contributed by atoms with Gasteiger partial charge >= 0.3 is 12.8 Å². The first-order valence-electron chi connectivity index (χ1n) is 8.06. The average Bonchev–Trinajstić information content (AvgIpc) is 2.73. The van der Waals surface area contributed by atoms with Crippen LogP contribution in [0.4, 0.5) is 0 Å². The lowest BCUT2D eigenvalue weighted by Gasteiger charge is -2.32. The molecule has 0 unspecified atom stereocenters. The Labute approximate surface area is 144 Å². The Bertz CT molecular complexity index is 941. The Hall–Kier alpha value is -2.16. The van der Waals surface area contributed by atoms with Gasteiger partial charge in [0.15, 0.2) is 0 Å². The quantitative estimate of drug-likeness (QED) is 0.727. The lowest BCUT2D eigenvalue weighted by atomic mass is 9.77. The van der Waals surface area contributed by atoms with Crippen LogP contribution < -0.4 is 11.2 Å². The topological polar surface area (TPSA) is 104 Å². The Morgan fingerprint density at radius 3 is 2.40 bits per heavy atom. The number of benzene rings is 1. The number of H-pyrrole nitrogens is 2. The van der Waals surface area contributed by atoms with Crippen molar-refractivity contribution in [3.8, 4) is 0 Å². The fourth-order valence-electron chi connectivity index (χ4n) is 2.67. The Morgan fingerprint density at radius 2 is 1.80 bits per heavy atom. The fraction of sp³-hybridized carbons (Fsp3) is 0.412. The summed E-state index contributed by atoms with van der Waals surface area (Å²) in [7, 11) is -0.667. The highest BCUT2D eigenvalue weighted by Crippen LogP contribution is 2.38. The van der Waals surface area contributed by atoms with Gasteiger partial charge in [0, 0.05) is 0 Å². The van der Waals surface area contributed by atoms with Gasteiger partial charge in [0.05, 0.1) is 28.7 Å². The van der Waals surface area contributed by atoms with E-state index in [1.54, 1.807) is 24.3 Å². The lowest BCUT2D eigenvalue weighted by Crippen LogP contribution is -2.41. The van der Waals surface area contributed by atoms with E-state index in [1.165, 1.54) is 0 Å². The highest BCUT2D eigenvalue weighted by Gasteiger charge is 2.52. The molecule has 7 nitrogen and oxygen atoms in total. The Balaban J connectivity index is 2.00. The molecule has 1 aromatic heterocycles. The van der Waals surface area contributed by atoms with Crippen molar-refractivity contribution < 1.29 is 14.4 Å². The molecular formula is C17H21BN2O5. The molecule has 0 saturated carbocycles. The van der Waals surface area contributed by atoms with Crippen molar-refractivity contribution in [3.05, 3.63) is 50.1 Å². The van der Waals surface area contributed by atoms with Crippen LogP contribution in [0.15, 0.2) is 33.3 Å². The maximum atomic E-state index is 11.9. The van der Waals surface area contributed by atoms with E-state index in [4.69, 9.17) is 9.31 Å². The molecule has 1 aliphatic rings. The maximum Gasteiger partial charge on any atom is 0.492 e. The van der Waals surface area contributed by atoms with E-state index >= 15 is 0 Å². The van der Waals surface area contributed by atoms with Gasteiger partial charge in [0.25, 0.3) is 5.56 Å². The minimum atomic E-state index is -0.667. The number of nitrogens with one attached hydrogen (secondary N) is 2. The summed E-state index contributed by atoms with van der Waals surface area (Å²) in [6.07, 6.45) is 1.73. The molecule has 25 heavy (non-hydrogen) atoms. The van der Waals surface area contributed by atoms with Gasteiger partial charge in [-0.05, 0) is 50.9 Å². The number of aromatic amines is 2. The fourth-order valence-corrected chi connectivity index (χ4v) is 2.67. The monoisotopic (exact) mass is 344 g/mol. The van der Waals surface area contributed by atoms with Crippen LogP contribution in [0, 0.1) is 0 Å². The van der Waals surface area contributed by atoms with E-state index in [-0.39, 0.29) is 6.61 Å². The molecule has 3 N–H and O–H groups in total. The van der Waals surface area contributed by atoms with E-state index in [0.29, 0.717) is 21.9 Å². The summed E-state index contributed by atoms with van der Waals surface area (Å²) in [5, 5.41) is 10.1. The molecule has 1 saturated heterocycles. The number of rotatable bonds is 3. The Kier molecular flexibility index (Phi) is 4.22. The molecule has 0 atom stereocenters. The van der Waals surface area contributed by atoms with Crippen molar-refractivity contribution in [1.29, 1.82) is 0 Å². The van der Waals surface area contributed by atoms with E-state index in [9.17, 15) is 14.7 Å². The average molecular weight is 344 g/mol. The van der Waals surface area contributed by atoms with Gasteiger partial charge in [-0.25, -0.2) is 4.79 Å². The normalized spacial score (nSPS) is 19.6. The second-order valence-electron chi connectivity index (χ2n) is 7.18. The molecule has 1 aliphatic heterocycles. The number of aliphatic hydroxyl groups excluding tert-OH is 1. The molecule has 0 spiro atoms. The first-order valence-corrected chi connectivity index (χ1v) is 8.06. The molecule has 0 radical (unpaired) electrons. The van der Waals surface area contributed by atoms with E-state index in [1.807, 2.05) is 27.7 Å². The molecule has 3 rings (SSSR count). The third-order valence-corrected chi connectivity index (χ3v) is 4.85. The zero-order valence-corrected chi connectivity index (χ0v) is 14.7. The zero-order chi connectivity index (χ0) is 18.4. The van der Waals surface area contributed by atoms with Crippen LogP contribution in [0.1, 0.15) is 33.3 Å².